The lowest BCUT2D eigenvalue weighted by atomic mass is 10.1. The molecule has 6 rings (SSSR count). The third-order valence-electron chi connectivity index (χ3n) is 6.75. The quantitative estimate of drug-likeness (QED) is 0.299. The molecule has 3 heterocycles. The summed E-state index contributed by atoms with van der Waals surface area (Å²) in [4.78, 5) is 20.0. The van der Waals surface area contributed by atoms with E-state index in [9.17, 15) is 0 Å². The first kappa shape index (κ1) is 23.2. The van der Waals surface area contributed by atoms with Crippen molar-refractivity contribution in [1.29, 1.82) is 0 Å². The average Bonchev–Trinajstić information content (AvgIpc) is 3.40. The smallest absolute Gasteiger partial charge is 0.226 e. The third kappa shape index (κ3) is 4.78. The van der Waals surface area contributed by atoms with Gasteiger partial charge < -0.3 is 19.9 Å². The number of H-pyrrole nitrogens is 1. The number of rotatable bonds is 5. The molecule has 7 heteroatoms. The number of ether oxygens (including phenoxy) is 1. The number of imidazole rings is 1. The Kier molecular flexibility index (Phi) is 6.06. The second-order valence-corrected chi connectivity index (χ2v) is 9.74. The van der Waals surface area contributed by atoms with Gasteiger partial charge in [0.25, 0.3) is 0 Å². The summed E-state index contributed by atoms with van der Waals surface area (Å²) in [5.74, 6) is 1.59. The molecule has 186 valence electrons. The van der Waals surface area contributed by atoms with Crippen molar-refractivity contribution < 1.29 is 4.74 Å². The van der Waals surface area contributed by atoms with Gasteiger partial charge in [-0.15, -0.1) is 0 Å². The first-order valence-electron chi connectivity index (χ1n) is 12.7. The fourth-order valence-corrected chi connectivity index (χ4v) is 4.98. The van der Waals surface area contributed by atoms with Gasteiger partial charge in [-0.1, -0.05) is 42.5 Å². The number of aromatic nitrogens is 4. The highest BCUT2D eigenvalue weighted by Crippen LogP contribution is 2.31. The van der Waals surface area contributed by atoms with E-state index < -0.39 is 0 Å². The lowest BCUT2D eigenvalue weighted by Crippen LogP contribution is -2.46. The minimum atomic E-state index is 0.157. The molecule has 1 saturated heterocycles. The van der Waals surface area contributed by atoms with Crippen molar-refractivity contribution in [3.8, 4) is 22.6 Å². The van der Waals surface area contributed by atoms with Crippen LogP contribution in [0.15, 0.2) is 79.1 Å². The number of nitrogens with one attached hydrogen (secondary N) is 2. The summed E-state index contributed by atoms with van der Waals surface area (Å²) < 4.78 is 5.87. The molecule has 1 fully saturated rings. The molecule has 2 N–H and O–H groups in total. The van der Waals surface area contributed by atoms with Gasteiger partial charge in [-0.2, -0.15) is 0 Å². The monoisotopic (exact) mass is 490 g/mol. The summed E-state index contributed by atoms with van der Waals surface area (Å²) in [6.45, 7) is 7.86. The molecule has 37 heavy (non-hydrogen) atoms. The molecule has 0 spiro atoms. The van der Waals surface area contributed by atoms with E-state index >= 15 is 0 Å². The van der Waals surface area contributed by atoms with Crippen LogP contribution in [-0.4, -0.2) is 45.2 Å². The molecule has 0 saturated carbocycles. The Hall–Kier alpha value is -4.23. The number of hydrogen-bond donors (Lipinski definition) is 2. The van der Waals surface area contributed by atoms with E-state index in [1.54, 1.807) is 0 Å². The van der Waals surface area contributed by atoms with Gasteiger partial charge in [0.15, 0.2) is 0 Å². The predicted octanol–water partition coefficient (Wildman–Crippen LogP) is 6.35. The van der Waals surface area contributed by atoms with Gasteiger partial charge >= 0.3 is 0 Å². The summed E-state index contributed by atoms with van der Waals surface area (Å²) >= 11 is 0. The summed E-state index contributed by atoms with van der Waals surface area (Å²) in [5, 5.41) is 4.56. The standard InChI is InChI=1S/C30H30N6O/c1-19-12-13-23(14-24(19)29-31-16-28(34-29)22-8-5-4-6-9-22)33-26-10-7-11-27-25(26)15-32-30(35-27)36-17-20(2)37-21(3)18-36/h4-16,20-21,33H,17-18H2,1-3H3,(H,31,34)/t20-,21+. The minimum absolute atomic E-state index is 0.157. The second kappa shape index (κ2) is 9.67. The Bertz CT molecular complexity index is 1540. The van der Waals surface area contributed by atoms with Crippen LogP contribution in [0.4, 0.5) is 17.3 Å². The molecule has 0 amide bonds. The zero-order valence-corrected chi connectivity index (χ0v) is 21.3. The summed E-state index contributed by atoms with van der Waals surface area (Å²) in [6.07, 6.45) is 4.12. The van der Waals surface area contributed by atoms with E-state index in [0.717, 1.165) is 69.5 Å². The minimum Gasteiger partial charge on any atom is -0.372 e. The Morgan fingerprint density at radius 1 is 0.919 bits per heavy atom. The highest BCUT2D eigenvalue weighted by atomic mass is 16.5. The summed E-state index contributed by atoms with van der Waals surface area (Å²) in [7, 11) is 0. The molecule has 1 aliphatic heterocycles. The normalized spacial score (nSPS) is 17.8. The Morgan fingerprint density at radius 2 is 1.73 bits per heavy atom. The molecular weight excluding hydrogens is 460 g/mol. The van der Waals surface area contributed by atoms with E-state index in [2.05, 4.69) is 77.4 Å². The lowest BCUT2D eigenvalue weighted by Gasteiger charge is -2.35. The number of hydrogen-bond acceptors (Lipinski definition) is 6. The van der Waals surface area contributed by atoms with Crippen molar-refractivity contribution in [3.63, 3.8) is 0 Å². The van der Waals surface area contributed by atoms with Gasteiger partial charge in [0.1, 0.15) is 5.82 Å². The molecule has 7 nitrogen and oxygen atoms in total. The summed E-state index contributed by atoms with van der Waals surface area (Å²) in [5.41, 5.74) is 7.18. The van der Waals surface area contributed by atoms with Crippen molar-refractivity contribution >= 4 is 28.2 Å². The van der Waals surface area contributed by atoms with E-state index in [4.69, 9.17) is 14.7 Å². The maximum absolute atomic E-state index is 5.87. The van der Waals surface area contributed by atoms with E-state index in [1.807, 2.05) is 42.7 Å². The molecule has 0 unspecified atom stereocenters. The van der Waals surface area contributed by atoms with Crippen LogP contribution >= 0.6 is 0 Å². The van der Waals surface area contributed by atoms with Crippen LogP contribution in [0.2, 0.25) is 0 Å². The molecular formula is C30H30N6O. The highest BCUT2D eigenvalue weighted by molar-refractivity contribution is 5.93. The van der Waals surface area contributed by atoms with Crippen LogP contribution in [-0.2, 0) is 4.74 Å². The van der Waals surface area contributed by atoms with Crippen LogP contribution in [0, 0.1) is 6.92 Å². The van der Waals surface area contributed by atoms with Crippen molar-refractivity contribution in [2.45, 2.75) is 33.0 Å². The fourth-order valence-electron chi connectivity index (χ4n) is 4.98. The number of aromatic amines is 1. The van der Waals surface area contributed by atoms with Gasteiger partial charge in [0.2, 0.25) is 5.95 Å². The van der Waals surface area contributed by atoms with Crippen LogP contribution in [0.5, 0.6) is 0 Å². The van der Waals surface area contributed by atoms with Gasteiger partial charge in [0, 0.05) is 41.6 Å². The third-order valence-corrected chi connectivity index (χ3v) is 6.75. The maximum atomic E-state index is 5.87. The van der Waals surface area contributed by atoms with Gasteiger partial charge in [0.05, 0.1) is 29.6 Å². The van der Waals surface area contributed by atoms with Crippen LogP contribution < -0.4 is 10.2 Å². The van der Waals surface area contributed by atoms with Crippen LogP contribution in [0.1, 0.15) is 19.4 Å². The summed E-state index contributed by atoms with van der Waals surface area (Å²) in [6, 6.07) is 22.7. The van der Waals surface area contributed by atoms with Crippen molar-refractivity contribution in [2.75, 3.05) is 23.3 Å². The van der Waals surface area contributed by atoms with Crippen molar-refractivity contribution in [1.82, 2.24) is 19.9 Å². The molecule has 0 aliphatic carbocycles. The van der Waals surface area contributed by atoms with Gasteiger partial charge in [-0.05, 0) is 56.2 Å². The lowest BCUT2D eigenvalue weighted by molar-refractivity contribution is -0.00570. The van der Waals surface area contributed by atoms with E-state index in [1.165, 1.54) is 0 Å². The van der Waals surface area contributed by atoms with Gasteiger partial charge in [-0.25, -0.2) is 15.0 Å². The molecule has 0 bridgehead atoms. The molecule has 1 aliphatic rings. The SMILES string of the molecule is Cc1ccc(Nc2cccc3nc(N4C[C@@H](C)O[C@@H](C)C4)ncc23)cc1-c1ncc(-c2ccccc2)[nH]1. The number of nitrogens with zero attached hydrogens (tertiary/aromatic N) is 4. The van der Waals surface area contributed by atoms with E-state index in [0.29, 0.717) is 0 Å². The first-order chi connectivity index (χ1) is 18.0. The average molecular weight is 491 g/mol. The number of anilines is 3. The Balaban J connectivity index is 1.28. The topological polar surface area (TPSA) is 79.0 Å². The molecule has 3 aromatic carbocycles. The fraction of sp³-hybridized carbons (Fsp3) is 0.233. The Labute approximate surface area is 216 Å². The number of morpholine rings is 1. The highest BCUT2D eigenvalue weighted by Gasteiger charge is 2.24. The van der Waals surface area contributed by atoms with Gasteiger partial charge in [-0.3, -0.25) is 0 Å². The predicted molar refractivity (Wildman–Crippen MR) is 149 cm³/mol. The van der Waals surface area contributed by atoms with Crippen molar-refractivity contribution in [3.05, 3.63) is 84.7 Å². The molecule has 2 atom stereocenters. The second-order valence-electron chi connectivity index (χ2n) is 9.74. The zero-order chi connectivity index (χ0) is 25.4. The number of aryl methyl sites for hydroxylation is 1. The van der Waals surface area contributed by atoms with Crippen molar-refractivity contribution in [2.24, 2.45) is 0 Å². The molecule has 2 aromatic heterocycles. The van der Waals surface area contributed by atoms with Crippen LogP contribution in [0.3, 0.4) is 0 Å². The first-order valence-corrected chi connectivity index (χ1v) is 12.7. The molecule has 5 aromatic rings. The zero-order valence-electron chi connectivity index (χ0n) is 21.3. The molecule has 0 radical (unpaired) electrons. The Morgan fingerprint density at radius 3 is 2.54 bits per heavy atom. The van der Waals surface area contributed by atoms with Crippen LogP contribution in [0.25, 0.3) is 33.5 Å². The number of fused-ring (bicyclic) bond motifs is 1. The number of benzene rings is 3. The van der Waals surface area contributed by atoms with E-state index in [-0.39, 0.29) is 12.2 Å². The largest absolute Gasteiger partial charge is 0.372 e. The maximum Gasteiger partial charge on any atom is 0.226 e.